The van der Waals surface area contributed by atoms with Gasteiger partial charge in [-0.25, -0.2) is 9.48 Å². The van der Waals surface area contributed by atoms with E-state index in [4.69, 9.17) is 4.99 Å². The van der Waals surface area contributed by atoms with Crippen molar-refractivity contribution >= 4 is 29.9 Å². The van der Waals surface area contributed by atoms with Gasteiger partial charge in [-0.05, 0) is 50.9 Å². The molecule has 0 saturated heterocycles. The highest BCUT2D eigenvalue weighted by atomic mass is 127. The van der Waals surface area contributed by atoms with Crippen LogP contribution in [0.4, 0.5) is 0 Å². The molecule has 0 radical (unpaired) electrons. The van der Waals surface area contributed by atoms with Gasteiger partial charge in [-0.2, -0.15) is 5.10 Å². The van der Waals surface area contributed by atoms with Crippen molar-refractivity contribution in [2.24, 2.45) is 10.4 Å². The van der Waals surface area contributed by atoms with E-state index in [-0.39, 0.29) is 41.7 Å². The van der Waals surface area contributed by atoms with Crippen molar-refractivity contribution in [1.82, 2.24) is 25.0 Å². The molecule has 1 aromatic rings. The van der Waals surface area contributed by atoms with Gasteiger partial charge in [0.25, 0.3) is 0 Å². The Hall–Kier alpha value is -1.10. The van der Waals surface area contributed by atoms with Crippen molar-refractivity contribution in [3.63, 3.8) is 0 Å². The van der Waals surface area contributed by atoms with E-state index in [1.54, 1.807) is 4.68 Å². The molecule has 2 rings (SSSR count). The lowest BCUT2D eigenvalue weighted by atomic mass is 9.79. The molecule has 0 bridgehead atoms. The van der Waals surface area contributed by atoms with Crippen LogP contribution in [0.25, 0.3) is 0 Å². The van der Waals surface area contributed by atoms with Crippen molar-refractivity contribution in [3.8, 4) is 0 Å². The maximum Gasteiger partial charge on any atom is 0.345 e. The third-order valence-electron chi connectivity index (χ3n) is 5.93. The van der Waals surface area contributed by atoms with Gasteiger partial charge < -0.3 is 15.7 Å². The second-order valence-corrected chi connectivity index (χ2v) is 7.69. The molecule has 29 heavy (non-hydrogen) atoms. The number of nitrogens with zero attached hydrogens (tertiary/aromatic N) is 4. The molecule has 2 heterocycles. The van der Waals surface area contributed by atoms with Crippen LogP contribution in [0.3, 0.4) is 0 Å². The number of hydrogen-bond acceptors (Lipinski definition) is 4. The number of nitrogens with one attached hydrogen (secondary N) is 2. The fourth-order valence-electron chi connectivity index (χ4n) is 3.76. The Labute approximate surface area is 191 Å². The lowest BCUT2D eigenvalue weighted by molar-refractivity contribution is 0.175. The van der Waals surface area contributed by atoms with Gasteiger partial charge in [0.1, 0.15) is 5.82 Å². The first-order valence-corrected chi connectivity index (χ1v) is 10.9. The molecular weight excluding hydrogens is 483 g/mol. The molecule has 3 N–H and O–H groups in total. The first kappa shape index (κ1) is 25.9. The second-order valence-electron chi connectivity index (χ2n) is 7.69. The lowest BCUT2D eigenvalue weighted by Crippen LogP contribution is -2.39. The number of aryl methyl sites for hydroxylation is 2. The first-order valence-electron chi connectivity index (χ1n) is 10.9. The molecule has 0 amide bonds. The number of rotatable bonds is 11. The predicted molar refractivity (Wildman–Crippen MR) is 128 cm³/mol. The Morgan fingerprint density at radius 3 is 2.62 bits per heavy atom. The normalized spacial score (nSPS) is 14.3. The average molecular weight is 522 g/mol. The first-order chi connectivity index (χ1) is 13.6. The number of aliphatic hydroxyl groups excluding tert-OH is 1. The lowest BCUT2D eigenvalue weighted by Gasteiger charge is -2.29. The maximum absolute atomic E-state index is 12.4. The van der Waals surface area contributed by atoms with Crippen LogP contribution in [0.5, 0.6) is 0 Å². The van der Waals surface area contributed by atoms with Crippen molar-refractivity contribution in [2.75, 3.05) is 26.2 Å². The summed E-state index contributed by atoms with van der Waals surface area (Å²) in [6.45, 7) is 10.2. The van der Waals surface area contributed by atoms with Gasteiger partial charge in [-0.15, -0.1) is 24.0 Å². The Morgan fingerprint density at radius 1 is 1.24 bits per heavy atom. The van der Waals surface area contributed by atoms with E-state index in [2.05, 4.69) is 29.6 Å². The molecule has 0 aromatic carbocycles. The van der Waals surface area contributed by atoms with Gasteiger partial charge in [0.2, 0.25) is 0 Å². The molecule has 0 aliphatic carbocycles. The maximum atomic E-state index is 12.4. The minimum absolute atomic E-state index is 0. The number of fused-ring (bicyclic) bond motifs is 1. The van der Waals surface area contributed by atoms with Crippen molar-refractivity contribution in [1.29, 1.82) is 0 Å². The molecule has 0 atom stereocenters. The van der Waals surface area contributed by atoms with E-state index in [1.807, 2.05) is 11.5 Å². The van der Waals surface area contributed by atoms with Crippen molar-refractivity contribution in [3.05, 3.63) is 16.3 Å². The van der Waals surface area contributed by atoms with Crippen LogP contribution < -0.4 is 16.3 Å². The SMILES string of the molecule is CCNC(=NCC(CC)(CC)CCO)NCCCn1nc2n(c1=O)CCCC2.I. The average Bonchev–Trinajstić information content (AvgIpc) is 3.04. The number of aliphatic imine (C=N–C) groups is 1. The van der Waals surface area contributed by atoms with Gasteiger partial charge in [0.15, 0.2) is 5.96 Å². The van der Waals surface area contributed by atoms with Gasteiger partial charge in [0, 0.05) is 45.8 Å². The van der Waals surface area contributed by atoms with Gasteiger partial charge in [-0.3, -0.25) is 9.56 Å². The monoisotopic (exact) mass is 522 g/mol. The summed E-state index contributed by atoms with van der Waals surface area (Å²) in [5.41, 5.74) is 0.0786. The van der Waals surface area contributed by atoms with Crippen LogP contribution in [0.15, 0.2) is 9.79 Å². The summed E-state index contributed by atoms with van der Waals surface area (Å²) in [5, 5.41) is 20.5. The molecule has 9 heteroatoms. The minimum Gasteiger partial charge on any atom is -0.396 e. The van der Waals surface area contributed by atoms with Crippen LogP contribution in [-0.4, -0.2) is 51.7 Å². The van der Waals surface area contributed by atoms with Crippen molar-refractivity contribution < 1.29 is 5.11 Å². The third-order valence-corrected chi connectivity index (χ3v) is 5.93. The van der Waals surface area contributed by atoms with E-state index < -0.39 is 0 Å². The topological polar surface area (TPSA) is 96.5 Å². The largest absolute Gasteiger partial charge is 0.396 e. The van der Waals surface area contributed by atoms with Gasteiger partial charge in [0.05, 0.1) is 0 Å². The zero-order valence-corrected chi connectivity index (χ0v) is 20.6. The summed E-state index contributed by atoms with van der Waals surface area (Å²) in [7, 11) is 0. The number of guanidine groups is 1. The smallest absolute Gasteiger partial charge is 0.345 e. The highest BCUT2D eigenvalue weighted by Crippen LogP contribution is 2.30. The molecule has 168 valence electrons. The van der Waals surface area contributed by atoms with E-state index in [0.717, 1.165) is 76.4 Å². The van der Waals surface area contributed by atoms with Crippen LogP contribution in [0.1, 0.15) is 65.1 Å². The van der Waals surface area contributed by atoms with Gasteiger partial charge in [-0.1, -0.05) is 13.8 Å². The number of aliphatic hydroxyl groups is 1. The molecule has 8 nitrogen and oxygen atoms in total. The van der Waals surface area contributed by atoms with Crippen LogP contribution in [0, 0.1) is 5.41 Å². The molecule has 1 aromatic heterocycles. The molecule has 0 spiro atoms. The Balaban J connectivity index is 0.00000420. The summed E-state index contributed by atoms with van der Waals surface area (Å²) in [6.07, 6.45) is 6.68. The Morgan fingerprint density at radius 2 is 2.00 bits per heavy atom. The van der Waals surface area contributed by atoms with Crippen LogP contribution in [-0.2, 0) is 19.5 Å². The molecule has 0 saturated carbocycles. The fraction of sp³-hybridized carbons (Fsp3) is 0.850. The quantitative estimate of drug-likeness (QED) is 0.179. The van der Waals surface area contributed by atoms with E-state index in [0.29, 0.717) is 13.1 Å². The summed E-state index contributed by atoms with van der Waals surface area (Å²) in [6, 6.07) is 0. The van der Waals surface area contributed by atoms with Crippen molar-refractivity contribution in [2.45, 2.75) is 78.8 Å². The summed E-state index contributed by atoms with van der Waals surface area (Å²) in [4.78, 5) is 17.1. The molecule has 1 aliphatic heterocycles. The van der Waals surface area contributed by atoms with Crippen LogP contribution >= 0.6 is 24.0 Å². The number of hydrogen-bond donors (Lipinski definition) is 3. The zero-order valence-electron chi connectivity index (χ0n) is 18.2. The summed E-state index contributed by atoms with van der Waals surface area (Å²) in [5.74, 6) is 1.72. The van der Waals surface area contributed by atoms with Crippen LogP contribution in [0.2, 0.25) is 0 Å². The highest BCUT2D eigenvalue weighted by molar-refractivity contribution is 14.0. The number of aromatic nitrogens is 3. The highest BCUT2D eigenvalue weighted by Gasteiger charge is 2.25. The Kier molecular flexibility index (Phi) is 11.9. The molecule has 0 unspecified atom stereocenters. The number of halogens is 1. The standard InChI is InChI=1S/C20H38N6O2.HI/c1-4-20(5-2,11-15-27)16-23-18(21-6-3)22-12-9-14-26-19(28)25-13-8-7-10-17(25)24-26;/h27H,4-16H2,1-3H3,(H2,21,22,23);1H. The summed E-state index contributed by atoms with van der Waals surface area (Å²) >= 11 is 0. The second kappa shape index (κ2) is 13.3. The van der Waals surface area contributed by atoms with Gasteiger partial charge >= 0.3 is 5.69 Å². The third kappa shape index (κ3) is 7.27. The van der Waals surface area contributed by atoms with E-state index >= 15 is 0 Å². The Bertz CT molecular complexity index is 681. The molecule has 0 fully saturated rings. The fourth-order valence-corrected chi connectivity index (χ4v) is 3.76. The van der Waals surface area contributed by atoms with E-state index in [1.165, 1.54) is 0 Å². The van der Waals surface area contributed by atoms with E-state index in [9.17, 15) is 9.90 Å². The zero-order chi connectivity index (χ0) is 20.4. The molecule has 1 aliphatic rings. The predicted octanol–water partition coefficient (Wildman–Crippen LogP) is 2.13. The molecular formula is C20H39IN6O2. The minimum atomic E-state index is 0. The summed E-state index contributed by atoms with van der Waals surface area (Å²) < 4.78 is 3.42.